The summed E-state index contributed by atoms with van der Waals surface area (Å²) < 4.78 is 22.2. The van der Waals surface area contributed by atoms with E-state index in [-0.39, 0.29) is 42.7 Å². The predicted molar refractivity (Wildman–Crippen MR) is 147 cm³/mol. The number of carbonyl (C=O) groups is 2. The fraction of sp³-hybridized carbons (Fsp3) is 0.429. The molecule has 0 spiro atoms. The molecule has 1 N–H and O–H groups in total. The largest absolute Gasteiger partial charge is 0.442 e. The number of anilines is 1. The van der Waals surface area contributed by atoms with Crippen LogP contribution in [0.1, 0.15) is 18.5 Å². The summed E-state index contributed by atoms with van der Waals surface area (Å²) in [5.41, 5.74) is 1.28. The molecule has 1 saturated carbocycles. The Morgan fingerprint density at radius 1 is 1.22 bits per heavy atom. The molecule has 7 rings (SSSR count). The van der Waals surface area contributed by atoms with Crippen molar-refractivity contribution in [2.24, 2.45) is 11.8 Å². The maximum absolute atomic E-state index is 15.2. The summed E-state index contributed by atoms with van der Waals surface area (Å²) in [5, 5.41) is 10.9. The van der Waals surface area contributed by atoms with Gasteiger partial charge in [-0.25, -0.2) is 20.4 Å². The number of fused-ring (bicyclic) bond motifs is 1. The second-order valence-corrected chi connectivity index (χ2v) is 10.9. The highest BCUT2D eigenvalue weighted by Gasteiger charge is 2.78. The van der Waals surface area contributed by atoms with Crippen molar-refractivity contribution >= 4 is 30.1 Å². The van der Waals surface area contributed by atoms with E-state index in [1.54, 1.807) is 47.5 Å². The molecule has 212 valence electrons. The van der Waals surface area contributed by atoms with Crippen molar-refractivity contribution in [2.45, 2.75) is 37.1 Å². The number of nitrogens with one attached hydrogen (secondary N) is 1. The van der Waals surface area contributed by atoms with Gasteiger partial charge in [-0.15, -0.1) is 17.5 Å². The van der Waals surface area contributed by atoms with Crippen molar-refractivity contribution in [3.05, 3.63) is 71.9 Å². The van der Waals surface area contributed by atoms with Crippen LogP contribution in [-0.2, 0) is 21.6 Å². The molecule has 0 bridgehead atoms. The Hall–Kier alpha value is -4.08. The number of amides is 2. The monoisotopic (exact) mass is 578 g/mol. The van der Waals surface area contributed by atoms with Crippen molar-refractivity contribution in [3.63, 3.8) is 0 Å². The Morgan fingerprint density at radius 3 is 2.68 bits per heavy atom. The Morgan fingerprint density at radius 2 is 2.05 bits per heavy atom. The fourth-order valence-corrected chi connectivity index (χ4v) is 6.56. The van der Waals surface area contributed by atoms with Crippen LogP contribution in [0.15, 0.2) is 48.9 Å². The molecular weight excluding hydrogens is 551 g/mol. The van der Waals surface area contributed by atoms with Crippen molar-refractivity contribution in [2.75, 3.05) is 31.1 Å². The molecule has 4 aliphatic rings. The molecule has 1 aliphatic carbocycles. The molecular formula is C28H28ClFN8O3. The number of hydrogen-bond acceptors (Lipinski definition) is 7. The highest BCUT2D eigenvalue weighted by Crippen LogP contribution is 2.64. The number of likely N-dealkylation sites (tertiary alicyclic amines) is 1. The number of carbonyl (C=O) groups excluding carboxylic acids is 2. The van der Waals surface area contributed by atoms with Gasteiger partial charge < -0.3 is 19.8 Å². The minimum absolute atomic E-state index is 0. The number of benzene rings is 1. The summed E-state index contributed by atoms with van der Waals surface area (Å²) in [4.78, 5) is 37.1. The van der Waals surface area contributed by atoms with Gasteiger partial charge in [-0.2, -0.15) is 0 Å². The van der Waals surface area contributed by atoms with Crippen molar-refractivity contribution in [3.8, 4) is 11.1 Å². The van der Waals surface area contributed by atoms with Crippen LogP contribution in [0.2, 0.25) is 0 Å². The zero-order valence-electron chi connectivity index (χ0n) is 22.0. The van der Waals surface area contributed by atoms with E-state index < -0.39 is 23.6 Å². The summed E-state index contributed by atoms with van der Waals surface area (Å²) in [5.74, 6) is -0.215. The van der Waals surface area contributed by atoms with Crippen LogP contribution < -0.4 is 10.2 Å². The number of aromatic nitrogens is 4. The maximum atomic E-state index is 15.2. The minimum atomic E-state index is -0.723. The highest BCUT2D eigenvalue weighted by atomic mass is 35.5. The Balaban J connectivity index is 0.00000302. The van der Waals surface area contributed by atoms with E-state index in [1.165, 1.54) is 11.0 Å². The molecule has 2 aromatic heterocycles. The zero-order valence-corrected chi connectivity index (χ0v) is 22.8. The lowest BCUT2D eigenvalue weighted by molar-refractivity contribution is -0.132. The van der Waals surface area contributed by atoms with Crippen LogP contribution in [0.3, 0.4) is 0 Å². The number of rotatable bonds is 6. The first kappa shape index (κ1) is 27.1. The number of pyridine rings is 1. The van der Waals surface area contributed by atoms with Gasteiger partial charge in [0.15, 0.2) is 0 Å². The summed E-state index contributed by atoms with van der Waals surface area (Å²) in [6, 6.07) is 8.11. The number of hydrogen-bond donors (Lipinski definition) is 1. The Bertz CT molecular complexity index is 1490. The normalized spacial score (nSPS) is 28.1. The van der Waals surface area contributed by atoms with E-state index in [2.05, 4.69) is 25.5 Å². The summed E-state index contributed by atoms with van der Waals surface area (Å²) >= 11 is 0. The van der Waals surface area contributed by atoms with Gasteiger partial charge in [-0.3, -0.25) is 14.7 Å². The minimum Gasteiger partial charge on any atom is -0.442 e. The highest BCUT2D eigenvalue weighted by molar-refractivity contribution is 5.90. The molecule has 0 radical (unpaired) electrons. The maximum Gasteiger partial charge on any atom is 0.414 e. The van der Waals surface area contributed by atoms with E-state index in [0.717, 1.165) is 19.4 Å². The van der Waals surface area contributed by atoms with Crippen LogP contribution in [0.25, 0.3) is 16.0 Å². The lowest BCUT2D eigenvalue weighted by atomic mass is 10.0. The smallest absolute Gasteiger partial charge is 0.414 e. The molecule has 1 aromatic carbocycles. The van der Waals surface area contributed by atoms with Gasteiger partial charge in [0.2, 0.25) is 5.91 Å². The van der Waals surface area contributed by atoms with Gasteiger partial charge >= 0.3 is 6.09 Å². The van der Waals surface area contributed by atoms with Crippen molar-refractivity contribution in [1.82, 2.24) is 30.2 Å². The van der Waals surface area contributed by atoms with Crippen molar-refractivity contribution < 1.29 is 18.7 Å². The third-order valence-corrected chi connectivity index (χ3v) is 8.68. The molecule has 2 amide bonds. The van der Waals surface area contributed by atoms with E-state index >= 15 is 4.39 Å². The third kappa shape index (κ3) is 4.49. The fourth-order valence-electron chi connectivity index (χ4n) is 6.56. The SMILES string of the molecule is Cl.[C-]#[N+]C1(c2ccc(-c3ccc(N4C[C@H](Cn5ccnn5)OC4=O)cc3F)cn2)[C@@H]2CN(C(=O)[C@@H]3CCCN3)C[C@@H]21. The number of ether oxygens (including phenoxy) is 1. The molecule has 5 heterocycles. The first-order chi connectivity index (χ1) is 19.5. The Kier molecular flexibility index (Phi) is 6.87. The number of nitrogens with zero attached hydrogens (tertiary/aromatic N) is 7. The average molecular weight is 579 g/mol. The molecule has 41 heavy (non-hydrogen) atoms. The van der Waals surface area contributed by atoms with E-state index in [4.69, 9.17) is 11.3 Å². The standard InChI is InChI=1S/C28H27FN8O3.ClH/c1-30-28(21-15-35(16-22(21)28)26(38)24-3-2-8-31-24)25-7-4-17(12-32-25)20-6-5-18(11-23(20)29)37-14-19(40-27(37)39)13-36-10-9-33-34-36;/h4-7,9-12,19,21-22,24,31H,2-3,8,13-16H2;1H/t19-,21-,22+,24-,28?;/m0./s1. The Labute approximate surface area is 241 Å². The van der Waals surface area contributed by atoms with E-state index in [1.807, 2.05) is 4.90 Å². The van der Waals surface area contributed by atoms with Gasteiger partial charge in [0.25, 0.3) is 5.54 Å². The summed E-state index contributed by atoms with van der Waals surface area (Å²) in [7, 11) is 0. The number of cyclic esters (lactones) is 1. The summed E-state index contributed by atoms with van der Waals surface area (Å²) in [6.45, 7) is 10.6. The van der Waals surface area contributed by atoms with Crippen molar-refractivity contribution in [1.29, 1.82) is 0 Å². The third-order valence-electron chi connectivity index (χ3n) is 8.68. The van der Waals surface area contributed by atoms with Gasteiger partial charge in [0.05, 0.1) is 42.9 Å². The molecule has 3 saturated heterocycles. The molecule has 11 nitrogen and oxygen atoms in total. The van der Waals surface area contributed by atoms with Crippen LogP contribution in [0.4, 0.5) is 14.9 Å². The zero-order chi connectivity index (χ0) is 27.4. The van der Waals surface area contributed by atoms with Gasteiger partial charge in [0.1, 0.15) is 17.6 Å². The first-order valence-electron chi connectivity index (χ1n) is 13.5. The van der Waals surface area contributed by atoms with Crippen LogP contribution in [0.5, 0.6) is 0 Å². The van der Waals surface area contributed by atoms with Gasteiger partial charge in [-0.05, 0) is 43.7 Å². The lowest BCUT2D eigenvalue weighted by Crippen LogP contribution is -2.44. The second kappa shape index (κ2) is 10.4. The predicted octanol–water partition coefficient (Wildman–Crippen LogP) is 2.88. The lowest BCUT2D eigenvalue weighted by Gasteiger charge is -2.24. The molecule has 13 heteroatoms. The summed E-state index contributed by atoms with van der Waals surface area (Å²) in [6.07, 6.45) is 5.75. The molecule has 3 aromatic rings. The molecule has 4 fully saturated rings. The van der Waals surface area contributed by atoms with E-state index in [0.29, 0.717) is 42.1 Å². The van der Waals surface area contributed by atoms with Crippen LogP contribution in [0, 0.1) is 24.2 Å². The van der Waals surface area contributed by atoms with Crippen LogP contribution in [-0.4, -0.2) is 75.2 Å². The number of piperidine rings is 1. The van der Waals surface area contributed by atoms with Gasteiger partial charge in [0, 0.05) is 36.6 Å². The topological polar surface area (TPSA) is 110 Å². The second-order valence-electron chi connectivity index (χ2n) is 10.9. The van der Waals surface area contributed by atoms with Gasteiger partial charge in [-0.1, -0.05) is 11.3 Å². The van der Waals surface area contributed by atoms with Crippen LogP contribution >= 0.6 is 12.4 Å². The number of halogens is 2. The molecule has 1 unspecified atom stereocenters. The molecule has 5 atom stereocenters. The first-order valence-corrected chi connectivity index (χ1v) is 13.5. The van der Waals surface area contributed by atoms with E-state index in [9.17, 15) is 9.59 Å². The molecule has 3 aliphatic heterocycles. The quantitative estimate of drug-likeness (QED) is 0.448. The average Bonchev–Trinajstić information content (AvgIpc) is 3.65.